The second-order valence-corrected chi connectivity index (χ2v) is 7.15. The maximum Gasteiger partial charge on any atom is 0.141 e. The Balaban J connectivity index is 1.79. The van der Waals surface area contributed by atoms with E-state index in [0.717, 1.165) is 20.8 Å². The third-order valence-electron chi connectivity index (χ3n) is 3.36. The van der Waals surface area contributed by atoms with Crippen LogP contribution in [0.3, 0.4) is 0 Å². The molecule has 2 aromatic rings. The third-order valence-corrected chi connectivity index (χ3v) is 5.64. The van der Waals surface area contributed by atoms with E-state index >= 15 is 0 Å². The molecule has 1 aromatic heterocycles. The SMILES string of the molecule is Cc1ccccc1SCc1nc(N)c(I)c(C2CC2)n1. The fourth-order valence-corrected chi connectivity index (χ4v) is 3.65. The number of nitrogen functional groups attached to an aromatic ring is 1. The van der Waals surface area contributed by atoms with Crippen LogP contribution in [0.15, 0.2) is 29.2 Å². The van der Waals surface area contributed by atoms with Gasteiger partial charge in [0.1, 0.15) is 11.6 Å². The van der Waals surface area contributed by atoms with Gasteiger partial charge in [-0.2, -0.15) is 0 Å². The largest absolute Gasteiger partial charge is 0.383 e. The van der Waals surface area contributed by atoms with Crippen LogP contribution in [0.5, 0.6) is 0 Å². The molecule has 3 rings (SSSR count). The van der Waals surface area contributed by atoms with Gasteiger partial charge in [-0.25, -0.2) is 9.97 Å². The zero-order valence-corrected chi connectivity index (χ0v) is 14.2. The van der Waals surface area contributed by atoms with Crippen molar-refractivity contribution in [2.24, 2.45) is 0 Å². The smallest absolute Gasteiger partial charge is 0.141 e. The number of anilines is 1. The summed E-state index contributed by atoms with van der Waals surface area (Å²) in [5.74, 6) is 2.85. The highest BCUT2D eigenvalue weighted by molar-refractivity contribution is 14.1. The van der Waals surface area contributed by atoms with Gasteiger partial charge >= 0.3 is 0 Å². The van der Waals surface area contributed by atoms with Gasteiger partial charge in [-0.15, -0.1) is 11.8 Å². The molecule has 0 aliphatic heterocycles. The summed E-state index contributed by atoms with van der Waals surface area (Å²) in [5, 5.41) is 0. The molecule has 1 saturated carbocycles. The summed E-state index contributed by atoms with van der Waals surface area (Å²) in [6.45, 7) is 2.13. The van der Waals surface area contributed by atoms with Gasteiger partial charge in [0.25, 0.3) is 0 Å². The first kappa shape index (κ1) is 14.1. The number of aryl methyl sites for hydroxylation is 1. The Hall–Kier alpha value is -0.820. The van der Waals surface area contributed by atoms with Crippen LogP contribution in [-0.4, -0.2) is 9.97 Å². The quantitative estimate of drug-likeness (QED) is 0.623. The van der Waals surface area contributed by atoms with Crippen molar-refractivity contribution in [2.45, 2.75) is 36.3 Å². The predicted octanol–water partition coefficient (Wildman–Crippen LogP) is 4.14. The Morgan fingerprint density at radius 2 is 2.05 bits per heavy atom. The van der Waals surface area contributed by atoms with Crippen LogP contribution < -0.4 is 5.73 Å². The van der Waals surface area contributed by atoms with Gasteiger partial charge in [0.05, 0.1) is 15.0 Å². The van der Waals surface area contributed by atoms with Crippen molar-refractivity contribution in [3.8, 4) is 0 Å². The summed E-state index contributed by atoms with van der Waals surface area (Å²) in [4.78, 5) is 10.4. The molecule has 20 heavy (non-hydrogen) atoms. The molecule has 0 unspecified atom stereocenters. The van der Waals surface area contributed by atoms with E-state index in [1.807, 2.05) is 0 Å². The van der Waals surface area contributed by atoms with Gasteiger partial charge in [0, 0.05) is 10.8 Å². The molecule has 1 aliphatic rings. The van der Waals surface area contributed by atoms with E-state index in [4.69, 9.17) is 10.7 Å². The predicted molar refractivity (Wildman–Crippen MR) is 91.9 cm³/mol. The fourth-order valence-electron chi connectivity index (χ4n) is 2.08. The van der Waals surface area contributed by atoms with Crippen molar-refractivity contribution in [3.63, 3.8) is 0 Å². The molecular weight excluding hydrogens is 381 g/mol. The average Bonchev–Trinajstić information content (AvgIpc) is 3.26. The minimum absolute atomic E-state index is 0.606. The van der Waals surface area contributed by atoms with Gasteiger partial charge in [0.15, 0.2) is 0 Å². The van der Waals surface area contributed by atoms with E-state index in [-0.39, 0.29) is 0 Å². The maximum absolute atomic E-state index is 6.02. The lowest BCUT2D eigenvalue weighted by Crippen LogP contribution is -2.06. The number of hydrogen-bond acceptors (Lipinski definition) is 4. The summed E-state index contributed by atoms with van der Waals surface area (Å²) in [5.41, 5.74) is 8.46. The number of benzene rings is 1. The van der Waals surface area contributed by atoms with Crippen molar-refractivity contribution in [3.05, 3.63) is 44.9 Å². The zero-order chi connectivity index (χ0) is 14.1. The van der Waals surface area contributed by atoms with Crippen molar-refractivity contribution in [2.75, 3.05) is 5.73 Å². The van der Waals surface area contributed by atoms with E-state index in [0.29, 0.717) is 11.7 Å². The molecule has 0 radical (unpaired) electrons. The molecular formula is C15H16IN3S. The number of halogens is 1. The Labute approximate surface area is 136 Å². The van der Waals surface area contributed by atoms with E-state index < -0.39 is 0 Å². The lowest BCUT2D eigenvalue weighted by atomic mass is 10.2. The van der Waals surface area contributed by atoms with Crippen LogP contribution in [0, 0.1) is 10.5 Å². The number of nitrogens with two attached hydrogens (primary N) is 1. The van der Waals surface area contributed by atoms with Crippen LogP contribution >= 0.6 is 34.4 Å². The summed E-state index contributed by atoms with van der Waals surface area (Å²) in [6, 6.07) is 8.39. The van der Waals surface area contributed by atoms with Crippen molar-refractivity contribution in [1.82, 2.24) is 9.97 Å². The molecule has 0 spiro atoms. The second kappa shape index (κ2) is 5.89. The van der Waals surface area contributed by atoms with E-state index in [9.17, 15) is 0 Å². The lowest BCUT2D eigenvalue weighted by molar-refractivity contribution is 0.924. The Morgan fingerprint density at radius 3 is 2.75 bits per heavy atom. The first-order valence-electron chi connectivity index (χ1n) is 6.65. The summed E-state index contributed by atoms with van der Waals surface area (Å²) in [7, 11) is 0. The molecule has 5 heteroatoms. The summed E-state index contributed by atoms with van der Waals surface area (Å²) in [6.07, 6.45) is 2.47. The minimum atomic E-state index is 0.606. The third kappa shape index (κ3) is 3.09. The number of thioether (sulfide) groups is 1. The van der Waals surface area contributed by atoms with Crippen LogP contribution in [-0.2, 0) is 5.75 Å². The number of nitrogens with zero attached hydrogens (tertiary/aromatic N) is 2. The summed E-state index contributed by atoms with van der Waals surface area (Å²) >= 11 is 4.04. The zero-order valence-electron chi connectivity index (χ0n) is 11.3. The first-order chi connectivity index (χ1) is 9.65. The Bertz CT molecular complexity index is 641. The maximum atomic E-state index is 6.02. The average molecular weight is 397 g/mol. The Morgan fingerprint density at radius 1 is 1.30 bits per heavy atom. The van der Waals surface area contributed by atoms with Gasteiger partial charge < -0.3 is 5.73 Å². The topological polar surface area (TPSA) is 51.8 Å². The molecule has 1 heterocycles. The summed E-state index contributed by atoms with van der Waals surface area (Å²) < 4.78 is 1.04. The Kier molecular flexibility index (Phi) is 4.16. The second-order valence-electron chi connectivity index (χ2n) is 5.05. The molecule has 104 valence electrons. The highest BCUT2D eigenvalue weighted by atomic mass is 127. The number of rotatable bonds is 4. The monoisotopic (exact) mass is 397 g/mol. The number of hydrogen-bond donors (Lipinski definition) is 1. The molecule has 3 nitrogen and oxygen atoms in total. The van der Waals surface area contributed by atoms with E-state index in [2.05, 4.69) is 58.8 Å². The first-order valence-corrected chi connectivity index (χ1v) is 8.72. The standard InChI is InChI=1S/C15H16IN3S/c1-9-4-2-3-5-11(9)20-8-12-18-14(10-6-7-10)13(16)15(17)19-12/h2-5,10H,6-8H2,1H3,(H2,17,18,19). The van der Waals surface area contributed by atoms with Crippen LogP contribution in [0.4, 0.5) is 5.82 Å². The van der Waals surface area contributed by atoms with Gasteiger partial charge in [-0.1, -0.05) is 18.2 Å². The van der Waals surface area contributed by atoms with Gasteiger partial charge in [-0.3, -0.25) is 0 Å². The molecule has 2 N–H and O–H groups in total. The van der Waals surface area contributed by atoms with Crippen molar-refractivity contribution >= 4 is 40.2 Å². The van der Waals surface area contributed by atoms with Crippen LogP contribution in [0.25, 0.3) is 0 Å². The van der Waals surface area contributed by atoms with Crippen LogP contribution in [0.2, 0.25) is 0 Å². The van der Waals surface area contributed by atoms with Gasteiger partial charge in [0.2, 0.25) is 0 Å². The highest BCUT2D eigenvalue weighted by Crippen LogP contribution is 2.42. The fraction of sp³-hybridized carbons (Fsp3) is 0.333. The number of aromatic nitrogens is 2. The molecule has 0 atom stereocenters. The normalized spacial score (nSPS) is 14.5. The van der Waals surface area contributed by atoms with E-state index in [1.54, 1.807) is 11.8 Å². The molecule has 1 fully saturated rings. The molecule has 0 saturated heterocycles. The minimum Gasteiger partial charge on any atom is -0.383 e. The molecule has 1 aliphatic carbocycles. The molecule has 0 bridgehead atoms. The highest BCUT2D eigenvalue weighted by Gasteiger charge is 2.28. The molecule has 1 aromatic carbocycles. The molecule has 0 amide bonds. The van der Waals surface area contributed by atoms with Crippen LogP contribution in [0.1, 0.15) is 35.8 Å². The van der Waals surface area contributed by atoms with Crippen molar-refractivity contribution in [1.29, 1.82) is 0 Å². The lowest BCUT2D eigenvalue weighted by Gasteiger charge is -2.09. The van der Waals surface area contributed by atoms with Crippen molar-refractivity contribution < 1.29 is 0 Å². The van der Waals surface area contributed by atoms with Gasteiger partial charge in [-0.05, 0) is 54.0 Å². The van der Waals surface area contributed by atoms with E-state index in [1.165, 1.54) is 23.3 Å².